The van der Waals surface area contributed by atoms with Gasteiger partial charge in [0.2, 0.25) is 0 Å². The lowest BCUT2D eigenvalue weighted by atomic mass is 10.1. The van der Waals surface area contributed by atoms with Crippen molar-refractivity contribution in [3.05, 3.63) is 11.8 Å². The van der Waals surface area contributed by atoms with E-state index >= 15 is 0 Å². The van der Waals surface area contributed by atoms with Gasteiger partial charge in [-0.25, -0.2) is 0 Å². The second kappa shape index (κ2) is 3.31. The minimum absolute atomic E-state index is 0.203. The van der Waals surface area contributed by atoms with Gasteiger partial charge in [0.1, 0.15) is 3.23 Å². The summed E-state index contributed by atoms with van der Waals surface area (Å²) >= 11 is 13.8. The van der Waals surface area contributed by atoms with Crippen molar-refractivity contribution in [1.82, 2.24) is 0 Å². The topological polar surface area (TPSA) is 20.2 Å². The molecule has 0 saturated heterocycles. The summed E-state index contributed by atoms with van der Waals surface area (Å²) in [5.41, 5.74) is 0. The van der Waals surface area contributed by atoms with E-state index in [4.69, 9.17) is 0 Å². The van der Waals surface area contributed by atoms with Crippen molar-refractivity contribution in [2.75, 3.05) is 0 Å². The van der Waals surface area contributed by atoms with Crippen LogP contribution in [-0.4, -0.2) is 11.6 Å². The molecule has 0 unspecified atom stereocenters. The average molecular weight is 414 g/mol. The standard InChI is InChI=1S/C6H6Br4O/c7-5(8)1-4(11)2-6(9,10)3-5/h1,11H,2-3H2. The third-order valence-corrected chi connectivity index (χ3v) is 3.45. The zero-order chi connectivity index (χ0) is 8.70. The van der Waals surface area contributed by atoms with Gasteiger partial charge in [-0.05, 0) is 6.08 Å². The smallest absolute Gasteiger partial charge is 0.104 e. The summed E-state index contributed by atoms with van der Waals surface area (Å²) in [6.07, 6.45) is 3.18. The summed E-state index contributed by atoms with van der Waals surface area (Å²) in [7, 11) is 0. The van der Waals surface area contributed by atoms with Crippen LogP contribution in [0, 0.1) is 0 Å². The van der Waals surface area contributed by atoms with Gasteiger partial charge >= 0.3 is 0 Å². The zero-order valence-electron chi connectivity index (χ0n) is 5.45. The predicted molar refractivity (Wildman–Crippen MR) is 61.1 cm³/mol. The molecule has 5 heteroatoms. The molecule has 1 nitrogen and oxygen atoms in total. The number of halogens is 4. The summed E-state index contributed by atoms with van der Waals surface area (Å²) < 4.78 is -0.499. The van der Waals surface area contributed by atoms with E-state index in [-0.39, 0.29) is 6.47 Å². The molecule has 0 saturated carbocycles. The van der Waals surface area contributed by atoms with E-state index in [2.05, 4.69) is 63.7 Å². The Balaban J connectivity index is 2.86. The summed E-state index contributed by atoms with van der Waals surface area (Å²) in [6, 6.07) is 0. The molecule has 1 aliphatic rings. The zero-order valence-corrected chi connectivity index (χ0v) is 11.8. The molecule has 11 heavy (non-hydrogen) atoms. The number of alkyl halides is 4. The van der Waals surface area contributed by atoms with Crippen molar-refractivity contribution < 1.29 is 5.11 Å². The molecule has 0 aromatic heterocycles. The third-order valence-electron chi connectivity index (χ3n) is 1.31. The van der Waals surface area contributed by atoms with Crippen LogP contribution in [0.4, 0.5) is 0 Å². The van der Waals surface area contributed by atoms with E-state index in [0.717, 1.165) is 6.42 Å². The number of aliphatic hydroxyl groups is 1. The van der Waals surface area contributed by atoms with Crippen LogP contribution in [0.5, 0.6) is 0 Å². The molecule has 0 heterocycles. The molecule has 1 N–H and O–H groups in total. The van der Waals surface area contributed by atoms with E-state index < -0.39 is 0 Å². The van der Waals surface area contributed by atoms with Gasteiger partial charge in [0, 0.05) is 12.8 Å². The fourth-order valence-corrected chi connectivity index (χ4v) is 5.47. The first-order valence-electron chi connectivity index (χ1n) is 2.97. The van der Waals surface area contributed by atoms with Crippen LogP contribution in [-0.2, 0) is 0 Å². The maximum atomic E-state index is 9.32. The molecule has 0 bridgehead atoms. The van der Waals surface area contributed by atoms with Gasteiger partial charge in [0.25, 0.3) is 0 Å². The Labute approximate surface area is 99.1 Å². The molecule has 0 aliphatic heterocycles. The summed E-state index contributed by atoms with van der Waals surface area (Å²) in [6.45, 7) is 0. The van der Waals surface area contributed by atoms with E-state index in [0.29, 0.717) is 12.2 Å². The van der Waals surface area contributed by atoms with E-state index in [1.54, 1.807) is 6.08 Å². The van der Waals surface area contributed by atoms with Gasteiger partial charge in [-0.2, -0.15) is 0 Å². The van der Waals surface area contributed by atoms with E-state index in [9.17, 15) is 5.11 Å². The molecule has 0 amide bonds. The number of rotatable bonds is 0. The number of allylic oxidation sites excluding steroid dienone is 2. The van der Waals surface area contributed by atoms with Crippen LogP contribution in [0.2, 0.25) is 0 Å². The van der Waals surface area contributed by atoms with Crippen molar-refractivity contribution in [2.45, 2.75) is 19.3 Å². The summed E-state index contributed by atoms with van der Waals surface area (Å²) in [4.78, 5) is 0. The van der Waals surface area contributed by atoms with E-state index in [1.807, 2.05) is 0 Å². The molecule has 0 fully saturated rings. The molecule has 1 aliphatic carbocycles. The number of hydrogen-bond acceptors (Lipinski definition) is 1. The molecule has 0 spiro atoms. The Kier molecular flexibility index (Phi) is 3.17. The Morgan fingerprint density at radius 1 is 1.27 bits per heavy atom. The van der Waals surface area contributed by atoms with Gasteiger partial charge in [0.15, 0.2) is 0 Å². The van der Waals surface area contributed by atoms with Crippen molar-refractivity contribution >= 4 is 63.7 Å². The highest BCUT2D eigenvalue weighted by molar-refractivity contribution is 9.26. The second-order valence-corrected chi connectivity index (χ2v) is 10.6. The van der Waals surface area contributed by atoms with Crippen molar-refractivity contribution in [1.29, 1.82) is 0 Å². The van der Waals surface area contributed by atoms with Crippen LogP contribution >= 0.6 is 63.7 Å². The Bertz CT molecular complexity index is 197. The Hall–Kier alpha value is 1.46. The van der Waals surface area contributed by atoms with Crippen LogP contribution < -0.4 is 0 Å². The molecule has 0 aromatic rings. The van der Waals surface area contributed by atoms with Crippen LogP contribution in [0.1, 0.15) is 12.8 Å². The van der Waals surface area contributed by atoms with Crippen LogP contribution in [0.15, 0.2) is 11.8 Å². The minimum Gasteiger partial charge on any atom is -0.512 e. The molecule has 64 valence electrons. The van der Waals surface area contributed by atoms with Crippen molar-refractivity contribution in [3.8, 4) is 0 Å². The van der Waals surface area contributed by atoms with Gasteiger partial charge in [-0.15, -0.1) is 0 Å². The van der Waals surface area contributed by atoms with Gasteiger partial charge in [-0.1, -0.05) is 63.7 Å². The molecule has 0 radical (unpaired) electrons. The highest BCUT2D eigenvalue weighted by atomic mass is 79.9. The average Bonchev–Trinajstić information content (AvgIpc) is 1.49. The monoisotopic (exact) mass is 410 g/mol. The molecule has 1 rings (SSSR count). The quantitative estimate of drug-likeness (QED) is 0.590. The lowest BCUT2D eigenvalue weighted by Gasteiger charge is -2.31. The fourth-order valence-electron chi connectivity index (χ4n) is 1.02. The maximum absolute atomic E-state index is 9.32. The van der Waals surface area contributed by atoms with Gasteiger partial charge in [0.05, 0.1) is 8.99 Å². The number of hydrogen-bond donors (Lipinski definition) is 1. The number of aliphatic hydroxyl groups excluding tert-OH is 1. The first-order valence-corrected chi connectivity index (χ1v) is 6.14. The normalized spacial score (nSPS) is 27.8. The first kappa shape index (κ1) is 10.5. The van der Waals surface area contributed by atoms with Gasteiger partial charge in [-0.3, -0.25) is 0 Å². The van der Waals surface area contributed by atoms with Gasteiger partial charge < -0.3 is 5.11 Å². The van der Waals surface area contributed by atoms with Crippen molar-refractivity contribution in [3.63, 3.8) is 0 Å². The third kappa shape index (κ3) is 3.36. The lowest BCUT2D eigenvalue weighted by Crippen LogP contribution is -2.27. The maximum Gasteiger partial charge on any atom is 0.104 e. The predicted octanol–water partition coefficient (Wildman–Crippen LogP) is 4.19. The molecular weight excluding hydrogens is 408 g/mol. The lowest BCUT2D eigenvalue weighted by molar-refractivity contribution is 0.368. The first-order chi connectivity index (χ1) is 4.81. The van der Waals surface area contributed by atoms with E-state index in [1.165, 1.54) is 0 Å². The van der Waals surface area contributed by atoms with Crippen molar-refractivity contribution in [2.24, 2.45) is 0 Å². The Morgan fingerprint density at radius 2 is 1.82 bits per heavy atom. The summed E-state index contributed by atoms with van der Waals surface area (Å²) in [5, 5.41) is 9.32. The summed E-state index contributed by atoms with van der Waals surface area (Å²) in [5.74, 6) is 0.374. The van der Waals surface area contributed by atoms with Crippen LogP contribution in [0.25, 0.3) is 0 Å². The van der Waals surface area contributed by atoms with Crippen LogP contribution in [0.3, 0.4) is 0 Å². The molecule has 0 atom stereocenters. The fraction of sp³-hybridized carbons (Fsp3) is 0.667. The second-order valence-electron chi connectivity index (χ2n) is 2.61. The highest BCUT2D eigenvalue weighted by Gasteiger charge is 2.38. The largest absolute Gasteiger partial charge is 0.512 e. The molecule has 0 aromatic carbocycles. The highest BCUT2D eigenvalue weighted by Crippen LogP contribution is 2.50. The minimum atomic E-state index is -0.296. The molecular formula is C6H6Br4O. The SMILES string of the molecule is OC1=CC(Br)(Br)CC(Br)(Br)C1. The Morgan fingerprint density at radius 3 is 2.18 bits per heavy atom.